The fourth-order valence-electron chi connectivity index (χ4n) is 4.28. The lowest BCUT2D eigenvalue weighted by molar-refractivity contribution is -0.130. The summed E-state index contributed by atoms with van der Waals surface area (Å²) in [6.07, 6.45) is 3.22. The fourth-order valence-corrected chi connectivity index (χ4v) is 4.28. The number of hydrogen-bond acceptors (Lipinski definition) is 6. The van der Waals surface area contributed by atoms with E-state index in [9.17, 15) is 14.0 Å². The minimum absolute atomic E-state index is 0.000569. The molecule has 0 unspecified atom stereocenters. The van der Waals surface area contributed by atoms with Crippen LogP contribution in [-0.4, -0.2) is 41.3 Å². The van der Waals surface area contributed by atoms with Gasteiger partial charge in [0.05, 0.1) is 17.8 Å². The maximum atomic E-state index is 14.0. The average molecular weight is 477 g/mol. The van der Waals surface area contributed by atoms with E-state index in [4.69, 9.17) is 11.5 Å². The van der Waals surface area contributed by atoms with Crippen molar-refractivity contribution in [2.24, 2.45) is 11.5 Å². The lowest BCUT2D eigenvalue weighted by atomic mass is 9.89. The summed E-state index contributed by atoms with van der Waals surface area (Å²) < 4.78 is 14.0. The van der Waals surface area contributed by atoms with Gasteiger partial charge in [0.15, 0.2) is 0 Å². The zero-order valence-corrected chi connectivity index (χ0v) is 19.3. The average Bonchev–Trinajstić information content (AvgIpc) is 2.88. The molecule has 0 aliphatic carbocycles. The summed E-state index contributed by atoms with van der Waals surface area (Å²) in [4.78, 5) is 29.8. The Hall–Kier alpha value is -3.98. The van der Waals surface area contributed by atoms with Crippen molar-refractivity contribution >= 4 is 29.0 Å². The number of rotatable bonds is 8. The first kappa shape index (κ1) is 24.2. The Bertz CT molecular complexity index is 1190. The van der Waals surface area contributed by atoms with Crippen LogP contribution in [0.15, 0.2) is 60.8 Å². The predicted molar refractivity (Wildman–Crippen MR) is 134 cm³/mol. The Morgan fingerprint density at radius 3 is 2.46 bits per heavy atom. The monoisotopic (exact) mass is 476 g/mol. The van der Waals surface area contributed by atoms with Crippen LogP contribution in [0.25, 0.3) is 0 Å². The maximum Gasteiger partial charge on any atom is 0.252 e. The van der Waals surface area contributed by atoms with Crippen LogP contribution >= 0.6 is 0 Å². The van der Waals surface area contributed by atoms with Gasteiger partial charge in [-0.15, -0.1) is 0 Å². The lowest BCUT2D eigenvalue weighted by Gasteiger charge is -2.32. The summed E-state index contributed by atoms with van der Waals surface area (Å²) in [7, 11) is 0. The molecular weight excluding hydrogens is 447 g/mol. The first-order chi connectivity index (χ1) is 16.9. The summed E-state index contributed by atoms with van der Waals surface area (Å²) in [5, 5.41) is 6.32. The molecule has 2 aromatic carbocycles. The van der Waals surface area contributed by atoms with Crippen LogP contribution in [-0.2, 0) is 11.3 Å². The highest BCUT2D eigenvalue weighted by atomic mass is 19.1. The molecule has 2 heterocycles. The molecule has 1 saturated heterocycles. The fraction of sp³-hybridized carbons (Fsp3) is 0.269. The van der Waals surface area contributed by atoms with Crippen LogP contribution in [0.1, 0.15) is 40.2 Å². The Morgan fingerprint density at radius 1 is 1.09 bits per heavy atom. The highest BCUT2D eigenvalue weighted by molar-refractivity contribution is 5.98. The van der Waals surface area contributed by atoms with Crippen molar-refractivity contribution < 1.29 is 14.0 Å². The van der Waals surface area contributed by atoms with Crippen LogP contribution in [0.5, 0.6) is 0 Å². The topological polar surface area (TPSA) is 126 Å². The number of amides is 2. The molecule has 6 N–H and O–H groups in total. The summed E-state index contributed by atoms with van der Waals surface area (Å²) in [5.41, 5.74) is 14.2. The number of anilines is 3. The van der Waals surface area contributed by atoms with Gasteiger partial charge in [-0.3, -0.25) is 9.59 Å². The van der Waals surface area contributed by atoms with Gasteiger partial charge in [0, 0.05) is 43.1 Å². The Kier molecular flexibility index (Phi) is 7.57. The summed E-state index contributed by atoms with van der Waals surface area (Å²) >= 11 is 0. The van der Waals surface area contributed by atoms with E-state index in [0.717, 1.165) is 31.6 Å². The molecule has 2 amide bonds. The Balaban J connectivity index is 1.42. The number of primary amides is 1. The van der Waals surface area contributed by atoms with Crippen molar-refractivity contribution in [1.82, 2.24) is 9.88 Å². The number of hydrogen-bond donors (Lipinski definition) is 4. The van der Waals surface area contributed by atoms with Crippen molar-refractivity contribution in [3.8, 4) is 0 Å². The van der Waals surface area contributed by atoms with E-state index in [2.05, 4.69) is 27.8 Å². The number of carbonyl (C=O) groups excluding carboxylic acids is 2. The standard InChI is InChI=1S/C26H29FN6O2/c27-22-4-2-1-3-19(22)15-30-23-13-24(31-16-21(23)26(29)35)32-20-7-5-17(6-8-20)18-9-11-33(12-10-18)25(34)14-28/h1-8,13,16,18H,9-12,14-15,28H2,(H2,29,35)(H2,30,31,32). The van der Waals surface area contributed by atoms with Crippen LogP contribution in [0.3, 0.4) is 0 Å². The van der Waals surface area contributed by atoms with Gasteiger partial charge in [-0.1, -0.05) is 30.3 Å². The SMILES string of the molecule is NCC(=O)N1CCC(c2ccc(Nc3cc(NCc4ccccc4F)c(C(N)=O)cn3)cc2)CC1. The summed E-state index contributed by atoms with van der Waals surface area (Å²) in [6, 6.07) is 16.2. The number of nitrogens with one attached hydrogen (secondary N) is 2. The molecule has 0 saturated carbocycles. The van der Waals surface area contributed by atoms with Crippen molar-refractivity contribution in [3.63, 3.8) is 0 Å². The molecule has 0 spiro atoms. The molecule has 35 heavy (non-hydrogen) atoms. The maximum absolute atomic E-state index is 14.0. The smallest absolute Gasteiger partial charge is 0.252 e. The van der Waals surface area contributed by atoms with E-state index in [1.54, 1.807) is 24.3 Å². The minimum atomic E-state index is -0.622. The third-order valence-electron chi connectivity index (χ3n) is 6.27. The molecule has 0 atom stereocenters. The molecule has 1 aliphatic heterocycles. The van der Waals surface area contributed by atoms with Gasteiger partial charge in [-0.05, 0) is 42.5 Å². The van der Waals surface area contributed by atoms with Gasteiger partial charge in [0.25, 0.3) is 5.91 Å². The number of halogens is 1. The van der Waals surface area contributed by atoms with E-state index in [1.807, 2.05) is 17.0 Å². The van der Waals surface area contributed by atoms with Gasteiger partial charge < -0.3 is 27.0 Å². The number of aromatic nitrogens is 1. The van der Waals surface area contributed by atoms with Gasteiger partial charge in [-0.2, -0.15) is 0 Å². The highest BCUT2D eigenvalue weighted by Gasteiger charge is 2.23. The van der Waals surface area contributed by atoms with Crippen LogP contribution in [0, 0.1) is 5.82 Å². The number of likely N-dealkylation sites (tertiary alicyclic amines) is 1. The molecule has 0 radical (unpaired) electrons. The largest absolute Gasteiger partial charge is 0.380 e. The number of carbonyl (C=O) groups is 2. The molecule has 1 aromatic heterocycles. The zero-order valence-electron chi connectivity index (χ0n) is 19.3. The Labute approximate surface area is 203 Å². The summed E-state index contributed by atoms with van der Waals surface area (Å²) in [6.45, 7) is 1.69. The highest BCUT2D eigenvalue weighted by Crippen LogP contribution is 2.30. The normalized spacial score (nSPS) is 13.9. The van der Waals surface area contributed by atoms with Crippen LogP contribution in [0.4, 0.5) is 21.6 Å². The van der Waals surface area contributed by atoms with Crippen LogP contribution < -0.4 is 22.1 Å². The minimum Gasteiger partial charge on any atom is -0.380 e. The quantitative estimate of drug-likeness (QED) is 0.395. The second-order valence-electron chi connectivity index (χ2n) is 8.53. The molecule has 9 heteroatoms. The van der Waals surface area contributed by atoms with Crippen LogP contribution in [0.2, 0.25) is 0 Å². The van der Waals surface area contributed by atoms with Gasteiger partial charge in [0.1, 0.15) is 11.6 Å². The molecule has 0 bridgehead atoms. The third-order valence-corrected chi connectivity index (χ3v) is 6.27. The molecular formula is C26H29FN6O2. The van der Waals surface area contributed by atoms with Gasteiger partial charge >= 0.3 is 0 Å². The molecule has 4 rings (SSSR count). The number of pyridine rings is 1. The lowest BCUT2D eigenvalue weighted by Crippen LogP contribution is -2.41. The van der Waals surface area contributed by atoms with E-state index < -0.39 is 5.91 Å². The van der Waals surface area contributed by atoms with Crippen molar-refractivity contribution in [1.29, 1.82) is 0 Å². The van der Waals surface area contributed by atoms with E-state index in [0.29, 0.717) is 23.0 Å². The Morgan fingerprint density at radius 2 is 1.80 bits per heavy atom. The molecule has 1 aliphatic rings. The van der Waals surface area contributed by atoms with E-state index >= 15 is 0 Å². The number of nitrogens with zero attached hydrogens (tertiary/aromatic N) is 2. The summed E-state index contributed by atoms with van der Waals surface area (Å²) in [5.74, 6) is -0.0329. The van der Waals surface area contributed by atoms with Crippen molar-refractivity contribution in [3.05, 3.63) is 83.3 Å². The van der Waals surface area contributed by atoms with Gasteiger partial charge in [-0.25, -0.2) is 9.37 Å². The first-order valence-electron chi connectivity index (χ1n) is 11.6. The van der Waals surface area contributed by atoms with Crippen molar-refractivity contribution in [2.75, 3.05) is 30.3 Å². The molecule has 182 valence electrons. The molecule has 8 nitrogen and oxygen atoms in total. The van der Waals surface area contributed by atoms with E-state index in [-0.39, 0.29) is 30.4 Å². The van der Waals surface area contributed by atoms with E-state index in [1.165, 1.54) is 17.8 Å². The second kappa shape index (κ2) is 11.0. The number of nitrogens with two attached hydrogens (primary N) is 2. The first-order valence-corrected chi connectivity index (χ1v) is 11.6. The van der Waals surface area contributed by atoms with Crippen molar-refractivity contribution in [2.45, 2.75) is 25.3 Å². The molecule has 3 aromatic rings. The van der Waals surface area contributed by atoms with Gasteiger partial charge in [0.2, 0.25) is 5.91 Å². The number of piperidine rings is 1. The predicted octanol–water partition coefficient (Wildman–Crippen LogP) is 3.34. The third kappa shape index (κ3) is 5.93. The second-order valence-corrected chi connectivity index (χ2v) is 8.53. The number of benzene rings is 2. The molecule has 1 fully saturated rings. The zero-order chi connectivity index (χ0) is 24.8.